The van der Waals surface area contributed by atoms with Gasteiger partial charge in [0.05, 0.1) is 25.4 Å². The summed E-state index contributed by atoms with van der Waals surface area (Å²) in [5, 5.41) is 3.47. The molecule has 0 bridgehead atoms. The Hall–Kier alpha value is -1.13. The molecular weight excluding hydrogens is 531 g/mol. The van der Waals surface area contributed by atoms with Crippen LogP contribution in [0.3, 0.4) is 0 Å². The maximum Gasteiger partial charge on any atom is 0.218 e. The van der Waals surface area contributed by atoms with Crippen LogP contribution in [0.2, 0.25) is 0 Å². The summed E-state index contributed by atoms with van der Waals surface area (Å²) in [5.74, 6) is 1.72. The number of likely N-dealkylation sites (tertiary alicyclic amines) is 1. The van der Waals surface area contributed by atoms with Crippen molar-refractivity contribution in [3.8, 4) is 5.88 Å². The van der Waals surface area contributed by atoms with Crippen LogP contribution in [-0.2, 0) is 16.0 Å². The molecule has 7 nitrogen and oxygen atoms in total. The van der Waals surface area contributed by atoms with Crippen LogP contribution in [-0.4, -0.2) is 67.0 Å². The summed E-state index contributed by atoms with van der Waals surface area (Å²) in [4.78, 5) is 11.8. The Morgan fingerprint density at radius 2 is 1.91 bits per heavy atom. The standard InChI is InChI=1S/C25H40N4O3.HI/c1-2-26-25(28-18-20-8-7-14-27-24(20)32-22-9-3-4-10-22)29-15-12-21(13-16-29)31-19-23-11-5-6-17-30-23;/h7-8,14,21-23H,2-6,9-13,15-19H2,1H3,(H,26,28);1H. The third-order valence-corrected chi connectivity index (χ3v) is 6.70. The summed E-state index contributed by atoms with van der Waals surface area (Å²) in [7, 11) is 0. The molecule has 1 unspecified atom stereocenters. The van der Waals surface area contributed by atoms with Gasteiger partial charge in [-0.25, -0.2) is 9.98 Å². The fourth-order valence-electron chi connectivity index (χ4n) is 4.82. The molecule has 1 aliphatic carbocycles. The molecule has 186 valence electrons. The van der Waals surface area contributed by atoms with Gasteiger partial charge in [-0.3, -0.25) is 0 Å². The molecule has 1 N–H and O–H groups in total. The number of halogens is 1. The van der Waals surface area contributed by atoms with Crippen LogP contribution in [0.5, 0.6) is 5.88 Å². The number of ether oxygens (including phenoxy) is 3. The van der Waals surface area contributed by atoms with Gasteiger partial charge in [0.2, 0.25) is 5.88 Å². The Labute approximate surface area is 216 Å². The first-order valence-corrected chi connectivity index (χ1v) is 12.7. The number of nitrogens with zero attached hydrogens (tertiary/aromatic N) is 3. The summed E-state index contributed by atoms with van der Waals surface area (Å²) in [6, 6.07) is 4.05. The number of aromatic nitrogens is 1. The van der Waals surface area contributed by atoms with Crippen molar-refractivity contribution in [3.05, 3.63) is 23.9 Å². The Kier molecular flexibility index (Phi) is 11.5. The topological polar surface area (TPSA) is 68.2 Å². The van der Waals surface area contributed by atoms with Crippen LogP contribution >= 0.6 is 24.0 Å². The van der Waals surface area contributed by atoms with Crippen molar-refractivity contribution in [1.29, 1.82) is 0 Å². The molecule has 3 fully saturated rings. The van der Waals surface area contributed by atoms with E-state index in [4.69, 9.17) is 19.2 Å². The highest BCUT2D eigenvalue weighted by Gasteiger charge is 2.24. The molecule has 3 heterocycles. The van der Waals surface area contributed by atoms with E-state index >= 15 is 0 Å². The number of rotatable bonds is 8. The summed E-state index contributed by atoms with van der Waals surface area (Å²) in [5.41, 5.74) is 1.06. The van der Waals surface area contributed by atoms with Gasteiger partial charge < -0.3 is 24.4 Å². The van der Waals surface area contributed by atoms with Crippen molar-refractivity contribution in [2.45, 2.75) is 89.6 Å². The lowest BCUT2D eigenvalue weighted by molar-refractivity contribution is -0.0721. The smallest absolute Gasteiger partial charge is 0.218 e. The number of guanidine groups is 1. The lowest BCUT2D eigenvalue weighted by atomic mass is 10.1. The van der Waals surface area contributed by atoms with E-state index < -0.39 is 0 Å². The zero-order valence-corrected chi connectivity index (χ0v) is 22.4. The molecule has 0 aromatic carbocycles. The van der Waals surface area contributed by atoms with Gasteiger partial charge in [0.15, 0.2) is 5.96 Å². The molecule has 0 amide bonds. The molecule has 1 saturated carbocycles. The summed E-state index contributed by atoms with van der Waals surface area (Å²) in [6.07, 6.45) is 13.1. The van der Waals surface area contributed by atoms with Gasteiger partial charge in [0, 0.05) is 38.0 Å². The number of hydrogen-bond donors (Lipinski definition) is 1. The molecule has 1 atom stereocenters. The van der Waals surface area contributed by atoms with Gasteiger partial charge in [0.1, 0.15) is 6.10 Å². The lowest BCUT2D eigenvalue weighted by Crippen LogP contribution is -2.47. The molecule has 3 aliphatic rings. The normalized spacial score (nSPS) is 22.8. The monoisotopic (exact) mass is 572 g/mol. The zero-order chi connectivity index (χ0) is 22.0. The Balaban J connectivity index is 0.00000306. The van der Waals surface area contributed by atoms with E-state index in [1.54, 1.807) is 0 Å². The number of nitrogens with one attached hydrogen (secondary N) is 1. The van der Waals surface area contributed by atoms with E-state index in [1.807, 2.05) is 12.3 Å². The number of pyridine rings is 1. The Morgan fingerprint density at radius 1 is 1.12 bits per heavy atom. The number of piperidine rings is 1. The maximum atomic E-state index is 6.19. The second-order valence-electron chi connectivity index (χ2n) is 9.17. The quantitative estimate of drug-likeness (QED) is 0.281. The van der Waals surface area contributed by atoms with Crippen LogP contribution in [0.25, 0.3) is 0 Å². The second kappa shape index (κ2) is 14.3. The average Bonchev–Trinajstić information content (AvgIpc) is 3.35. The third kappa shape index (κ3) is 8.24. The van der Waals surface area contributed by atoms with Crippen LogP contribution in [0, 0.1) is 0 Å². The van der Waals surface area contributed by atoms with Crippen molar-refractivity contribution < 1.29 is 14.2 Å². The van der Waals surface area contributed by atoms with Gasteiger partial charge in [0.25, 0.3) is 0 Å². The molecule has 2 saturated heterocycles. The van der Waals surface area contributed by atoms with Crippen molar-refractivity contribution in [2.75, 3.05) is 32.8 Å². The lowest BCUT2D eigenvalue weighted by Gasteiger charge is -2.35. The first kappa shape index (κ1) is 26.5. The molecule has 0 spiro atoms. The van der Waals surface area contributed by atoms with Crippen LogP contribution in [0.4, 0.5) is 0 Å². The van der Waals surface area contributed by atoms with Crippen LogP contribution in [0.15, 0.2) is 23.3 Å². The average molecular weight is 573 g/mol. The molecular formula is C25H41IN4O3. The number of aliphatic imine (C=N–C) groups is 1. The third-order valence-electron chi connectivity index (χ3n) is 6.70. The Bertz CT molecular complexity index is 715. The van der Waals surface area contributed by atoms with E-state index in [2.05, 4.69) is 28.2 Å². The van der Waals surface area contributed by atoms with Gasteiger partial charge >= 0.3 is 0 Å². The minimum Gasteiger partial charge on any atom is -0.474 e. The van der Waals surface area contributed by atoms with E-state index in [0.29, 0.717) is 24.9 Å². The summed E-state index contributed by atoms with van der Waals surface area (Å²) < 4.78 is 18.2. The van der Waals surface area contributed by atoms with E-state index in [0.717, 1.165) is 82.4 Å². The van der Waals surface area contributed by atoms with Crippen molar-refractivity contribution in [3.63, 3.8) is 0 Å². The van der Waals surface area contributed by atoms with Gasteiger partial charge in [-0.15, -0.1) is 24.0 Å². The predicted octanol–water partition coefficient (Wildman–Crippen LogP) is 4.54. The molecule has 33 heavy (non-hydrogen) atoms. The molecule has 2 aliphatic heterocycles. The largest absolute Gasteiger partial charge is 0.474 e. The first-order valence-electron chi connectivity index (χ1n) is 12.7. The van der Waals surface area contributed by atoms with Gasteiger partial charge in [-0.1, -0.05) is 6.07 Å². The minimum absolute atomic E-state index is 0. The molecule has 1 aromatic heterocycles. The Morgan fingerprint density at radius 3 is 2.64 bits per heavy atom. The second-order valence-corrected chi connectivity index (χ2v) is 9.17. The van der Waals surface area contributed by atoms with E-state index in [-0.39, 0.29) is 24.0 Å². The summed E-state index contributed by atoms with van der Waals surface area (Å²) in [6.45, 7) is 7.10. The zero-order valence-electron chi connectivity index (χ0n) is 20.0. The molecule has 4 rings (SSSR count). The van der Waals surface area contributed by atoms with Crippen LogP contribution < -0.4 is 10.1 Å². The van der Waals surface area contributed by atoms with Crippen molar-refractivity contribution >= 4 is 29.9 Å². The highest BCUT2D eigenvalue weighted by atomic mass is 127. The number of hydrogen-bond acceptors (Lipinski definition) is 5. The highest BCUT2D eigenvalue weighted by Crippen LogP contribution is 2.25. The fourth-order valence-corrected chi connectivity index (χ4v) is 4.82. The fraction of sp³-hybridized carbons (Fsp3) is 0.760. The first-order chi connectivity index (χ1) is 15.8. The van der Waals surface area contributed by atoms with Gasteiger partial charge in [-0.2, -0.15) is 0 Å². The van der Waals surface area contributed by atoms with E-state index in [9.17, 15) is 0 Å². The maximum absolute atomic E-state index is 6.19. The molecule has 1 aromatic rings. The van der Waals surface area contributed by atoms with Crippen LogP contribution in [0.1, 0.15) is 70.3 Å². The van der Waals surface area contributed by atoms with E-state index in [1.165, 1.54) is 25.7 Å². The molecule has 8 heteroatoms. The predicted molar refractivity (Wildman–Crippen MR) is 141 cm³/mol. The SMILES string of the molecule is CCNC(=NCc1cccnc1OC1CCCC1)N1CCC(OCC2CCCCO2)CC1.I. The summed E-state index contributed by atoms with van der Waals surface area (Å²) >= 11 is 0. The van der Waals surface area contributed by atoms with Gasteiger partial charge in [-0.05, 0) is 70.8 Å². The van der Waals surface area contributed by atoms with Crippen molar-refractivity contribution in [1.82, 2.24) is 15.2 Å². The highest BCUT2D eigenvalue weighted by molar-refractivity contribution is 14.0. The van der Waals surface area contributed by atoms with Crippen molar-refractivity contribution in [2.24, 2.45) is 4.99 Å². The molecule has 0 radical (unpaired) electrons. The minimum atomic E-state index is 0.